The molecule has 1 atom stereocenters. The third kappa shape index (κ3) is 4.30. The van der Waals surface area contributed by atoms with E-state index >= 15 is 0 Å². The Hall–Kier alpha value is -2.57. The summed E-state index contributed by atoms with van der Waals surface area (Å²) in [6.07, 6.45) is 0. The van der Waals surface area contributed by atoms with Crippen molar-refractivity contribution >= 4 is 23.5 Å². The molecule has 0 bridgehead atoms. The van der Waals surface area contributed by atoms with Crippen LogP contribution in [0.25, 0.3) is 0 Å². The van der Waals surface area contributed by atoms with Crippen molar-refractivity contribution in [1.29, 1.82) is 0 Å². The van der Waals surface area contributed by atoms with Crippen molar-refractivity contribution in [2.75, 3.05) is 12.4 Å². The molecule has 0 fully saturated rings. The highest BCUT2D eigenvalue weighted by Crippen LogP contribution is 2.09. The molecule has 7 nitrogen and oxygen atoms in total. The molecule has 0 radical (unpaired) electrons. The maximum Gasteiger partial charge on any atom is 0.312 e. The highest BCUT2D eigenvalue weighted by Gasteiger charge is 2.14. The van der Waals surface area contributed by atoms with Crippen LogP contribution in [-0.4, -0.2) is 30.9 Å². The van der Waals surface area contributed by atoms with Gasteiger partial charge in [0.15, 0.2) is 0 Å². The summed E-state index contributed by atoms with van der Waals surface area (Å²) in [6, 6.07) is 4.86. The summed E-state index contributed by atoms with van der Waals surface area (Å²) in [4.78, 5) is 33.6. The Balaban J connectivity index is 2.65. The molecule has 0 spiro atoms. The van der Waals surface area contributed by atoms with Gasteiger partial charge in [-0.25, -0.2) is 4.79 Å². The molecule has 5 N–H and O–H groups in total. The van der Waals surface area contributed by atoms with Gasteiger partial charge in [0, 0.05) is 18.3 Å². The van der Waals surface area contributed by atoms with E-state index in [1.165, 1.54) is 14.0 Å². The minimum atomic E-state index is -0.766. The first kappa shape index (κ1) is 14.5. The van der Waals surface area contributed by atoms with E-state index < -0.39 is 18.0 Å². The molecule has 1 aromatic carbocycles. The van der Waals surface area contributed by atoms with Crippen LogP contribution in [-0.2, 0) is 4.79 Å². The molecule has 1 unspecified atom stereocenters. The molecular formula is C12H16N4O3. The Kier molecular flexibility index (Phi) is 4.87. The number of nitrogens with two attached hydrogens (primary N) is 1. The van der Waals surface area contributed by atoms with Crippen LogP contribution in [0.4, 0.5) is 10.5 Å². The van der Waals surface area contributed by atoms with Crippen LogP contribution in [0.5, 0.6) is 0 Å². The Morgan fingerprint density at radius 2 is 1.74 bits per heavy atom. The zero-order chi connectivity index (χ0) is 14.4. The SMILES string of the molecule is CNC(=O)c1ccc(NC(=O)C(C)NC(N)=O)cc1. The average Bonchev–Trinajstić information content (AvgIpc) is 2.37. The number of amides is 4. The summed E-state index contributed by atoms with van der Waals surface area (Å²) < 4.78 is 0. The van der Waals surface area contributed by atoms with Crippen LogP contribution >= 0.6 is 0 Å². The van der Waals surface area contributed by atoms with E-state index in [-0.39, 0.29) is 5.91 Å². The predicted octanol–water partition coefficient (Wildman–Crippen LogP) is 0.0415. The van der Waals surface area contributed by atoms with E-state index in [0.29, 0.717) is 11.3 Å². The van der Waals surface area contributed by atoms with Gasteiger partial charge in [-0.3, -0.25) is 9.59 Å². The first-order valence-corrected chi connectivity index (χ1v) is 5.63. The summed E-state index contributed by atoms with van der Waals surface area (Å²) in [6.45, 7) is 1.51. The van der Waals surface area contributed by atoms with Crippen molar-refractivity contribution in [1.82, 2.24) is 10.6 Å². The maximum absolute atomic E-state index is 11.7. The van der Waals surface area contributed by atoms with Gasteiger partial charge < -0.3 is 21.7 Å². The molecule has 0 aliphatic heterocycles. The van der Waals surface area contributed by atoms with Crippen molar-refractivity contribution in [2.24, 2.45) is 5.73 Å². The van der Waals surface area contributed by atoms with Crippen LogP contribution in [0.2, 0.25) is 0 Å². The molecule has 0 aliphatic carbocycles. The molecule has 0 saturated heterocycles. The standard InChI is InChI=1S/C12H16N4O3/c1-7(15-12(13)19)10(17)16-9-5-3-8(4-6-9)11(18)14-2/h3-7H,1-2H3,(H,14,18)(H,16,17)(H3,13,15,19). The van der Waals surface area contributed by atoms with Crippen molar-refractivity contribution in [3.05, 3.63) is 29.8 Å². The minimum absolute atomic E-state index is 0.207. The van der Waals surface area contributed by atoms with E-state index in [2.05, 4.69) is 16.0 Å². The van der Waals surface area contributed by atoms with E-state index in [1.807, 2.05) is 0 Å². The first-order chi connectivity index (χ1) is 8.93. The van der Waals surface area contributed by atoms with E-state index in [0.717, 1.165) is 0 Å². The second kappa shape index (κ2) is 6.39. The van der Waals surface area contributed by atoms with E-state index in [4.69, 9.17) is 5.73 Å². The fourth-order valence-corrected chi connectivity index (χ4v) is 1.38. The second-order valence-corrected chi connectivity index (χ2v) is 3.88. The lowest BCUT2D eigenvalue weighted by molar-refractivity contribution is -0.117. The van der Waals surface area contributed by atoms with Gasteiger partial charge in [0.05, 0.1) is 0 Å². The van der Waals surface area contributed by atoms with Crippen molar-refractivity contribution in [3.63, 3.8) is 0 Å². The molecule has 1 rings (SSSR count). The topological polar surface area (TPSA) is 113 Å². The molecule has 0 aromatic heterocycles. The van der Waals surface area contributed by atoms with Crippen LogP contribution in [0.15, 0.2) is 24.3 Å². The fourth-order valence-electron chi connectivity index (χ4n) is 1.38. The van der Waals surface area contributed by atoms with Gasteiger partial charge >= 0.3 is 6.03 Å². The second-order valence-electron chi connectivity index (χ2n) is 3.88. The Morgan fingerprint density at radius 1 is 1.16 bits per heavy atom. The number of anilines is 1. The average molecular weight is 264 g/mol. The Labute approximate surface area is 110 Å². The zero-order valence-electron chi connectivity index (χ0n) is 10.7. The predicted molar refractivity (Wildman–Crippen MR) is 70.6 cm³/mol. The summed E-state index contributed by atoms with van der Waals surface area (Å²) in [7, 11) is 1.54. The largest absolute Gasteiger partial charge is 0.355 e. The highest BCUT2D eigenvalue weighted by atomic mass is 16.2. The lowest BCUT2D eigenvalue weighted by Crippen LogP contribution is -2.44. The number of benzene rings is 1. The molecular weight excluding hydrogens is 248 g/mol. The van der Waals surface area contributed by atoms with Crippen LogP contribution in [0, 0.1) is 0 Å². The third-order valence-electron chi connectivity index (χ3n) is 2.39. The number of carbonyl (C=O) groups excluding carboxylic acids is 3. The Bertz CT molecular complexity index is 484. The number of rotatable bonds is 4. The molecule has 0 aliphatic rings. The molecule has 102 valence electrons. The Morgan fingerprint density at radius 3 is 2.21 bits per heavy atom. The first-order valence-electron chi connectivity index (χ1n) is 5.63. The van der Waals surface area contributed by atoms with Crippen LogP contribution in [0.1, 0.15) is 17.3 Å². The summed E-state index contributed by atoms with van der Waals surface area (Å²) in [5.74, 6) is -0.604. The molecule has 7 heteroatoms. The normalized spacial score (nSPS) is 11.3. The van der Waals surface area contributed by atoms with Crippen molar-refractivity contribution in [3.8, 4) is 0 Å². The van der Waals surface area contributed by atoms with Gasteiger partial charge in [-0.05, 0) is 31.2 Å². The smallest absolute Gasteiger partial charge is 0.312 e. The molecule has 1 aromatic rings. The number of primary amides is 1. The van der Waals surface area contributed by atoms with Crippen molar-refractivity contribution in [2.45, 2.75) is 13.0 Å². The quantitative estimate of drug-likeness (QED) is 0.615. The lowest BCUT2D eigenvalue weighted by atomic mass is 10.2. The fraction of sp³-hybridized carbons (Fsp3) is 0.250. The van der Waals surface area contributed by atoms with Gasteiger partial charge in [-0.2, -0.15) is 0 Å². The number of nitrogens with one attached hydrogen (secondary N) is 3. The number of hydrogen-bond acceptors (Lipinski definition) is 3. The number of carbonyl (C=O) groups is 3. The summed E-state index contributed by atoms with van der Waals surface area (Å²) in [5.41, 5.74) is 5.93. The molecule has 4 amide bonds. The molecule has 0 saturated carbocycles. The highest BCUT2D eigenvalue weighted by molar-refractivity contribution is 5.98. The minimum Gasteiger partial charge on any atom is -0.355 e. The van der Waals surface area contributed by atoms with E-state index in [9.17, 15) is 14.4 Å². The van der Waals surface area contributed by atoms with Crippen LogP contribution < -0.4 is 21.7 Å². The van der Waals surface area contributed by atoms with Crippen molar-refractivity contribution < 1.29 is 14.4 Å². The number of hydrogen-bond donors (Lipinski definition) is 4. The maximum atomic E-state index is 11.7. The monoisotopic (exact) mass is 264 g/mol. The summed E-state index contributed by atoms with van der Waals surface area (Å²) >= 11 is 0. The number of urea groups is 1. The lowest BCUT2D eigenvalue weighted by Gasteiger charge is -2.12. The van der Waals surface area contributed by atoms with Crippen LogP contribution in [0.3, 0.4) is 0 Å². The molecule has 0 heterocycles. The van der Waals surface area contributed by atoms with Gasteiger partial charge in [0.2, 0.25) is 5.91 Å². The third-order valence-corrected chi connectivity index (χ3v) is 2.39. The van der Waals surface area contributed by atoms with Gasteiger partial charge in [-0.15, -0.1) is 0 Å². The zero-order valence-corrected chi connectivity index (χ0v) is 10.7. The molecule has 19 heavy (non-hydrogen) atoms. The van der Waals surface area contributed by atoms with E-state index in [1.54, 1.807) is 24.3 Å². The van der Waals surface area contributed by atoms with Gasteiger partial charge in [-0.1, -0.05) is 0 Å². The van der Waals surface area contributed by atoms with Gasteiger partial charge in [0.1, 0.15) is 6.04 Å². The van der Waals surface area contributed by atoms with Gasteiger partial charge in [0.25, 0.3) is 5.91 Å². The summed E-state index contributed by atoms with van der Waals surface area (Å²) in [5, 5.41) is 7.35.